The van der Waals surface area contributed by atoms with E-state index in [0.29, 0.717) is 47.9 Å². The van der Waals surface area contributed by atoms with Crippen LogP contribution in [0.15, 0.2) is 27.1 Å². The summed E-state index contributed by atoms with van der Waals surface area (Å²) in [6.45, 7) is 2.57. The molecule has 0 radical (unpaired) electrons. The first-order valence-electron chi connectivity index (χ1n) is 8.43. The van der Waals surface area contributed by atoms with Crippen LogP contribution in [0.3, 0.4) is 0 Å². The standard InChI is InChI=1S/C17H17N5O3/c1-9-2-5-14(24-9)12-7-13(20-19-12)17-18-16(21-25-17)10-6-15(23)22(8-10)11-3-4-11/h2,5,7,10-11H,3-4,6,8H2,1H3,(H,19,20). The Morgan fingerprint density at radius 2 is 2.20 bits per heavy atom. The molecule has 3 aromatic heterocycles. The van der Waals surface area contributed by atoms with Crippen molar-refractivity contribution in [2.45, 2.75) is 38.1 Å². The van der Waals surface area contributed by atoms with Crippen LogP contribution in [-0.2, 0) is 4.79 Å². The minimum Gasteiger partial charge on any atom is -0.460 e. The maximum absolute atomic E-state index is 12.1. The molecule has 2 fully saturated rings. The van der Waals surface area contributed by atoms with E-state index in [-0.39, 0.29) is 11.8 Å². The number of hydrogen-bond donors (Lipinski definition) is 1. The molecule has 1 amide bonds. The number of furan rings is 1. The van der Waals surface area contributed by atoms with Crippen molar-refractivity contribution < 1.29 is 13.7 Å². The summed E-state index contributed by atoms with van der Waals surface area (Å²) in [5.41, 5.74) is 1.31. The molecule has 1 N–H and O–H groups in total. The Labute approximate surface area is 143 Å². The molecule has 8 nitrogen and oxygen atoms in total. The fourth-order valence-electron chi connectivity index (χ4n) is 3.28. The minimum atomic E-state index is 0.000662. The van der Waals surface area contributed by atoms with Gasteiger partial charge < -0.3 is 13.8 Å². The van der Waals surface area contributed by atoms with Crippen LogP contribution in [0.1, 0.15) is 36.8 Å². The normalized spacial score (nSPS) is 20.6. The molecule has 4 heterocycles. The summed E-state index contributed by atoms with van der Waals surface area (Å²) in [5.74, 6) is 2.65. The largest absolute Gasteiger partial charge is 0.460 e. The number of aromatic amines is 1. The number of nitrogens with one attached hydrogen (secondary N) is 1. The van der Waals surface area contributed by atoms with Crippen LogP contribution >= 0.6 is 0 Å². The van der Waals surface area contributed by atoms with Crippen molar-refractivity contribution in [3.63, 3.8) is 0 Å². The number of H-pyrrole nitrogens is 1. The highest BCUT2D eigenvalue weighted by molar-refractivity contribution is 5.80. The van der Waals surface area contributed by atoms with Crippen molar-refractivity contribution in [3.8, 4) is 23.0 Å². The third-order valence-corrected chi connectivity index (χ3v) is 4.75. The number of carbonyl (C=O) groups is 1. The van der Waals surface area contributed by atoms with Gasteiger partial charge in [0.25, 0.3) is 5.89 Å². The van der Waals surface area contributed by atoms with Crippen molar-refractivity contribution in [2.75, 3.05) is 6.54 Å². The molecule has 2 aliphatic rings. The van der Waals surface area contributed by atoms with E-state index in [1.807, 2.05) is 30.0 Å². The molecule has 1 saturated heterocycles. The summed E-state index contributed by atoms with van der Waals surface area (Å²) in [6, 6.07) is 5.99. The molecule has 1 unspecified atom stereocenters. The van der Waals surface area contributed by atoms with E-state index in [0.717, 1.165) is 18.6 Å². The summed E-state index contributed by atoms with van der Waals surface area (Å²) >= 11 is 0. The molecule has 0 spiro atoms. The van der Waals surface area contributed by atoms with Crippen molar-refractivity contribution in [3.05, 3.63) is 29.8 Å². The number of hydrogen-bond acceptors (Lipinski definition) is 6. The van der Waals surface area contributed by atoms with Gasteiger partial charge in [-0.05, 0) is 31.9 Å². The third kappa shape index (κ3) is 2.54. The second-order valence-electron chi connectivity index (χ2n) is 6.71. The van der Waals surface area contributed by atoms with E-state index in [1.54, 1.807) is 0 Å². The van der Waals surface area contributed by atoms with Gasteiger partial charge in [0.05, 0.1) is 0 Å². The Hall–Kier alpha value is -2.90. The van der Waals surface area contributed by atoms with Crippen LogP contribution < -0.4 is 0 Å². The minimum absolute atomic E-state index is 0.000662. The van der Waals surface area contributed by atoms with Gasteiger partial charge in [-0.2, -0.15) is 10.1 Å². The van der Waals surface area contributed by atoms with Crippen LogP contribution in [-0.4, -0.2) is 43.7 Å². The predicted molar refractivity (Wildman–Crippen MR) is 86.4 cm³/mol. The van der Waals surface area contributed by atoms with Crippen molar-refractivity contribution >= 4 is 5.91 Å². The highest BCUT2D eigenvalue weighted by atomic mass is 16.5. The summed E-state index contributed by atoms with van der Waals surface area (Å²) < 4.78 is 10.9. The smallest absolute Gasteiger partial charge is 0.275 e. The predicted octanol–water partition coefficient (Wildman–Crippen LogP) is 2.51. The first-order chi connectivity index (χ1) is 12.2. The zero-order chi connectivity index (χ0) is 17.0. The quantitative estimate of drug-likeness (QED) is 0.784. The van der Waals surface area contributed by atoms with Crippen molar-refractivity contribution in [1.82, 2.24) is 25.2 Å². The lowest BCUT2D eigenvalue weighted by atomic mass is 10.1. The summed E-state index contributed by atoms with van der Waals surface area (Å²) in [7, 11) is 0. The maximum Gasteiger partial charge on any atom is 0.275 e. The number of rotatable bonds is 4. The van der Waals surface area contributed by atoms with Gasteiger partial charge in [0.1, 0.15) is 17.1 Å². The van der Waals surface area contributed by atoms with Crippen LogP contribution in [0.2, 0.25) is 0 Å². The van der Waals surface area contributed by atoms with Crippen LogP contribution in [0.4, 0.5) is 0 Å². The van der Waals surface area contributed by atoms with Crippen molar-refractivity contribution in [2.24, 2.45) is 0 Å². The number of carbonyl (C=O) groups excluding carboxylic acids is 1. The molecule has 1 saturated carbocycles. The molecule has 3 aromatic rings. The highest BCUT2D eigenvalue weighted by Crippen LogP contribution is 2.36. The Morgan fingerprint density at radius 1 is 1.32 bits per heavy atom. The lowest BCUT2D eigenvalue weighted by Crippen LogP contribution is -2.27. The van der Waals surface area contributed by atoms with Crippen LogP contribution in [0, 0.1) is 6.92 Å². The maximum atomic E-state index is 12.1. The highest BCUT2D eigenvalue weighted by Gasteiger charge is 2.41. The molecule has 5 rings (SSSR count). The topological polar surface area (TPSA) is 101 Å². The molecule has 0 bridgehead atoms. The summed E-state index contributed by atoms with van der Waals surface area (Å²) in [6.07, 6.45) is 2.67. The monoisotopic (exact) mass is 339 g/mol. The lowest BCUT2D eigenvalue weighted by Gasteiger charge is -2.13. The van der Waals surface area contributed by atoms with Gasteiger partial charge >= 0.3 is 0 Å². The van der Waals surface area contributed by atoms with E-state index in [2.05, 4.69) is 20.3 Å². The van der Waals surface area contributed by atoms with Gasteiger partial charge in [-0.1, -0.05) is 5.16 Å². The molecule has 128 valence electrons. The van der Waals surface area contributed by atoms with Crippen molar-refractivity contribution in [1.29, 1.82) is 0 Å². The Morgan fingerprint density at radius 3 is 2.96 bits per heavy atom. The number of nitrogens with zero attached hydrogens (tertiary/aromatic N) is 4. The summed E-state index contributed by atoms with van der Waals surface area (Å²) in [5, 5.41) is 11.2. The van der Waals surface area contributed by atoms with Crippen LogP contribution in [0.5, 0.6) is 0 Å². The first kappa shape index (κ1) is 14.4. The fraction of sp³-hybridized carbons (Fsp3) is 0.412. The van der Waals surface area contributed by atoms with Gasteiger partial charge in [0.2, 0.25) is 5.91 Å². The molecule has 1 aliphatic heterocycles. The van der Waals surface area contributed by atoms with E-state index >= 15 is 0 Å². The first-order valence-corrected chi connectivity index (χ1v) is 8.43. The molecule has 8 heteroatoms. The third-order valence-electron chi connectivity index (χ3n) is 4.75. The van der Waals surface area contributed by atoms with Gasteiger partial charge in [0, 0.05) is 31.0 Å². The zero-order valence-corrected chi connectivity index (χ0v) is 13.7. The van der Waals surface area contributed by atoms with E-state index < -0.39 is 0 Å². The Balaban J connectivity index is 1.36. The molecule has 25 heavy (non-hydrogen) atoms. The molecule has 1 atom stereocenters. The SMILES string of the molecule is Cc1ccc(-c2cc(-c3nc(C4CC(=O)N(C5CC5)C4)no3)[nH]n2)o1. The van der Waals surface area contributed by atoms with Gasteiger partial charge in [-0.25, -0.2) is 0 Å². The number of amides is 1. The fourth-order valence-corrected chi connectivity index (χ4v) is 3.28. The molecule has 1 aliphatic carbocycles. The van der Waals surface area contributed by atoms with E-state index in [1.165, 1.54) is 0 Å². The lowest BCUT2D eigenvalue weighted by molar-refractivity contribution is -0.128. The number of aryl methyl sites for hydroxylation is 1. The molecular weight excluding hydrogens is 322 g/mol. The van der Waals surface area contributed by atoms with E-state index in [9.17, 15) is 4.79 Å². The van der Waals surface area contributed by atoms with E-state index in [4.69, 9.17) is 8.94 Å². The second-order valence-corrected chi connectivity index (χ2v) is 6.71. The Bertz CT molecular complexity index is 936. The average Bonchev–Trinajstić information content (AvgIpc) is 3.05. The molecule has 0 aromatic carbocycles. The van der Waals surface area contributed by atoms with Crippen LogP contribution in [0.25, 0.3) is 23.0 Å². The molecular formula is C17H17N5O3. The van der Waals surface area contributed by atoms with Gasteiger partial charge in [-0.3, -0.25) is 9.89 Å². The zero-order valence-electron chi connectivity index (χ0n) is 13.7. The second kappa shape index (κ2) is 5.30. The average molecular weight is 339 g/mol. The number of aromatic nitrogens is 4. The Kier molecular flexibility index (Phi) is 3.06. The summed E-state index contributed by atoms with van der Waals surface area (Å²) in [4.78, 5) is 18.5. The van der Waals surface area contributed by atoms with Gasteiger partial charge in [-0.15, -0.1) is 0 Å². The van der Waals surface area contributed by atoms with Gasteiger partial charge in [0.15, 0.2) is 11.6 Å². The number of likely N-dealkylation sites (tertiary alicyclic amines) is 1.